The molecule has 1 fully saturated rings. The highest BCUT2D eigenvalue weighted by atomic mass is 32.2. The zero-order valence-corrected chi connectivity index (χ0v) is 13.0. The molecule has 21 heavy (non-hydrogen) atoms. The van der Waals surface area contributed by atoms with Crippen molar-refractivity contribution in [1.29, 1.82) is 0 Å². The fraction of sp³-hybridized carbons (Fsp3) is 0.571. The minimum absolute atomic E-state index is 0.146. The van der Waals surface area contributed by atoms with Gasteiger partial charge < -0.3 is 15.2 Å². The Kier molecular flexibility index (Phi) is 5.44. The van der Waals surface area contributed by atoms with Crippen LogP contribution in [0.3, 0.4) is 0 Å². The van der Waals surface area contributed by atoms with Crippen molar-refractivity contribution in [2.75, 3.05) is 32.6 Å². The maximum atomic E-state index is 12.1. The number of rotatable bonds is 9. The van der Waals surface area contributed by atoms with Crippen molar-refractivity contribution in [3.63, 3.8) is 0 Å². The molecule has 0 atom stereocenters. The summed E-state index contributed by atoms with van der Waals surface area (Å²) in [4.78, 5) is 0.146. The first kappa shape index (κ1) is 16.1. The highest BCUT2D eigenvalue weighted by Crippen LogP contribution is 2.28. The summed E-state index contributed by atoms with van der Waals surface area (Å²) in [6.07, 6.45) is 3.16. The summed E-state index contributed by atoms with van der Waals surface area (Å²) >= 11 is 0. The van der Waals surface area contributed by atoms with E-state index in [1.165, 1.54) is 38.2 Å². The fourth-order valence-corrected chi connectivity index (χ4v) is 2.95. The molecule has 0 aromatic heterocycles. The lowest BCUT2D eigenvalue weighted by molar-refractivity contribution is 0.123. The minimum atomic E-state index is -3.54. The van der Waals surface area contributed by atoms with E-state index in [4.69, 9.17) is 15.2 Å². The van der Waals surface area contributed by atoms with E-state index in [2.05, 4.69) is 4.72 Å². The van der Waals surface area contributed by atoms with Crippen LogP contribution in [-0.2, 0) is 14.8 Å². The van der Waals surface area contributed by atoms with Crippen LogP contribution in [0.5, 0.6) is 5.75 Å². The van der Waals surface area contributed by atoms with Crippen molar-refractivity contribution in [2.45, 2.75) is 24.2 Å². The lowest BCUT2D eigenvalue weighted by Crippen LogP contribution is -2.25. The smallest absolute Gasteiger partial charge is 0.240 e. The lowest BCUT2D eigenvalue weighted by Gasteiger charge is -2.10. The largest absolute Gasteiger partial charge is 0.495 e. The van der Waals surface area contributed by atoms with E-state index in [0.717, 1.165) is 12.5 Å². The molecule has 1 saturated carbocycles. The molecule has 0 heterocycles. The van der Waals surface area contributed by atoms with E-state index in [1.807, 2.05) is 0 Å². The van der Waals surface area contributed by atoms with Crippen LogP contribution in [0.4, 0.5) is 5.69 Å². The standard InChI is InChI=1S/C14H22N2O4S/c1-19-14-9-12(5-6-13(14)15)21(17,18)16-7-2-8-20-10-11-3-4-11/h5-6,9,11,16H,2-4,7-8,10,15H2,1H3. The van der Waals surface area contributed by atoms with Crippen molar-refractivity contribution in [2.24, 2.45) is 5.92 Å². The Morgan fingerprint density at radius 3 is 2.81 bits per heavy atom. The van der Waals surface area contributed by atoms with Crippen LogP contribution in [-0.4, -0.2) is 35.3 Å². The molecule has 0 aliphatic heterocycles. The van der Waals surface area contributed by atoms with Gasteiger partial charge in [-0.3, -0.25) is 0 Å². The van der Waals surface area contributed by atoms with E-state index >= 15 is 0 Å². The Labute approximate surface area is 125 Å². The number of nitrogens with two attached hydrogens (primary N) is 1. The van der Waals surface area contributed by atoms with Gasteiger partial charge in [0.05, 0.1) is 17.7 Å². The molecule has 0 radical (unpaired) electrons. The monoisotopic (exact) mass is 314 g/mol. The molecule has 0 amide bonds. The maximum Gasteiger partial charge on any atom is 0.240 e. The number of ether oxygens (including phenoxy) is 2. The summed E-state index contributed by atoms with van der Waals surface area (Å²) in [5, 5.41) is 0. The van der Waals surface area contributed by atoms with Crippen LogP contribution in [0.15, 0.2) is 23.1 Å². The number of benzene rings is 1. The number of sulfonamides is 1. The van der Waals surface area contributed by atoms with E-state index in [9.17, 15) is 8.42 Å². The van der Waals surface area contributed by atoms with Crippen molar-refractivity contribution in [1.82, 2.24) is 4.72 Å². The zero-order valence-electron chi connectivity index (χ0n) is 12.2. The van der Waals surface area contributed by atoms with Gasteiger partial charge >= 0.3 is 0 Å². The quantitative estimate of drug-likeness (QED) is 0.531. The first-order valence-electron chi connectivity index (χ1n) is 7.04. The van der Waals surface area contributed by atoms with Crippen molar-refractivity contribution < 1.29 is 17.9 Å². The third kappa shape index (κ3) is 4.87. The van der Waals surface area contributed by atoms with Crippen LogP contribution in [0.1, 0.15) is 19.3 Å². The Morgan fingerprint density at radius 1 is 1.38 bits per heavy atom. The summed E-state index contributed by atoms with van der Waals surface area (Å²) in [6, 6.07) is 4.40. The molecule has 0 bridgehead atoms. The van der Waals surface area contributed by atoms with Gasteiger partial charge in [0.2, 0.25) is 10.0 Å². The van der Waals surface area contributed by atoms with Gasteiger partial charge in [0.25, 0.3) is 0 Å². The molecule has 7 heteroatoms. The third-order valence-corrected chi connectivity index (χ3v) is 4.78. The van der Waals surface area contributed by atoms with Gasteiger partial charge in [-0.15, -0.1) is 0 Å². The Bertz CT molecular complexity index is 570. The zero-order chi connectivity index (χ0) is 15.3. The average molecular weight is 314 g/mol. The fourth-order valence-electron chi connectivity index (χ4n) is 1.86. The number of hydrogen-bond acceptors (Lipinski definition) is 5. The summed E-state index contributed by atoms with van der Waals surface area (Å²) in [7, 11) is -2.09. The predicted molar refractivity (Wildman–Crippen MR) is 80.8 cm³/mol. The van der Waals surface area contributed by atoms with E-state index in [-0.39, 0.29) is 4.90 Å². The average Bonchev–Trinajstić information content (AvgIpc) is 3.27. The molecule has 118 valence electrons. The van der Waals surface area contributed by atoms with Crippen LogP contribution < -0.4 is 15.2 Å². The molecule has 0 unspecified atom stereocenters. The second kappa shape index (κ2) is 7.11. The highest BCUT2D eigenvalue weighted by molar-refractivity contribution is 7.89. The molecular weight excluding hydrogens is 292 g/mol. The van der Waals surface area contributed by atoms with Gasteiger partial charge in [-0.25, -0.2) is 13.1 Å². The minimum Gasteiger partial charge on any atom is -0.495 e. The number of methoxy groups -OCH3 is 1. The van der Waals surface area contributed by atoms with Crippen molar-refractivity contribution >= 4 is 15.7 Å². The van der Waals surface area contributed by atoms with E-state index in [1.54, 1.807) is 0 Å². The van der Waals surface area contributed by atoms with Crippen LogP contribution in [0.2, 0.25) is 0 Å². The van der Waals surface area contributed by atoms with Gasteiger partial charge in [0.1, 0.15) is 5.75 Å². The molecule has 3 N–H and O–H groups in total. The summed E-state index contributed by atoms with van der Waals surface area (Å²) in [5.74, 6) is 1.08. The van der Waals surface area contributed by atoms with Crippen LogP contribution >= 0.6 is 0 Å². The summed E-state index contributed by atoms with van der Waals surface area (Å²) < 4.78 is 37.3. The van der Waals surface area contributed by atoms with Gasteiger partial charge in [0, 0.05) is 25.8 Å². The molecule has 0 saturated heterocycles. The van der Waals surface area contributed by atoms with Crippen molar-refractivity contribution in [3.8, 4) is 5.75 Å². The molecule has 2 rings (SSSR count). The van der Waals surface area contributed by atoms with Crippen molar-refractivity contribution in [3.05, 3.63) is 18.2 Å². The Morgan fingerprint density at radius 2 is 2.14 bits per heavy atom. The molecule has 6 nitrogen and oxygen atoms in total. The second-order valence-corrected chi connectivity index (χ2v) is 6.94. The molecule has 1 aliphatic carbocycles. The van der Waals surface area contributed by atoms with Gasteiger partial charge in [-0.2, -0.15) is 0 Å². The van der Waals surface area contributed by atoms with E-state index in [0.29, 0.717) is 31.0 Å². The van der Waals surface area contributed by atoms with Crippen LogP contribution in [0.25, 0.3) is 0 Å². The molecule has 0 spiro atoms. The summed E-state index contributed by atoms with van der Waals surface area (Å²) in [5.41, 5.74) is 6.08. The molecule has 1 aliphatic rings. The first-order valence-corrected chi connectivity index (χ1v) is 8.52. The van der Waals surface area contributed by atoms with Gasteiger partial charge in [0.15, 0.2) is 0 Å². The molecular formula is C14H22N2O4S. The number of hydrogen-bond donors (Lipinski definition) is 2. The predicted octanol–water partition coefficient (Wildman–Crippen LogP) is 1.37. The number of nitrogens with one attached hydrogen (secondary N) is 1. The number of anilines is 1. The topological polar surface area (TPSA) is 90.7 Å². The van der Waals surface area contributed by atoms with Gasteiger partial charge in [-0.05, 0) is 37.3 Å². The molecule has 1 aromatic rings. The maximum absolute atomic E-state index is 12.1. The Hall–Kier alpha value is -1.31. The van der Waals surface area contributed by atoms with Crippen LogP contribution in [0, 0.1) is 5.92 Å². The Balaban J connectivity index is 1.80. The van der Waals surface area contributed by atoms with E-state index < -0.39 is 10.0 Å². The normalized spacial score (nSPS) is 15.1. The SMILES string of the molecule is COc1cc(S(=O)(=O)NCCCOCC2CC2)ccc1N. The van der Waals surface area contributed by atoms with Gasteiger partial charge in [-0.1, -0.05) is 0 Å². The molecule has 1 aromatic carbocycles. The number of nitrogen functional groups attached to an aromatic ring is 1. The second-order valence-electron chi connectivity index (χ2n) is 5.17. The highest BCUT2D eigenvalue weighted by Gasteiger charge is 2.21. The lowest BCUT2D eigenvalue weighted by atomic mass is 10.3. The first-order chi connectivity index (χ1) is 10.0. The summed E-state index contributed by atoms with van der Waals surface area (Å²) in [6.45, 7) is 1.71. The third-order valence-electron chi connectivity index (χ3n) is 3.32.